The van der Waals surface area contributed by atoms with Crippen molar-refractivity contribution in [3.63, 3.8) is 0 Å². The van der Waals surface area contributed by atoms with Crippen molar-refractivity contribution in [1.29, 1.82) is 0 Å². The molecule has 4 rings (SSSR count). The highest BCUT2D eigenvalue weighted by Crippen LogP contribution is 2.32. The number of pyridine rings is 1. The van der Waals surface area contributed by atoms with Gasteiger partial charge in [-0.2, -0.15) is 0 Å². The fourth-order valence-electron chi connectivity index (χ4n) is 3.48. The van der Waals surface area contributed by atoms with E-state index in [4.69, 9.17) is 4.74 Å². The number of nitrogens with one attached hydrogen (secondary N) is 2. The average Bonchev–Trinajstić information content (AvgIpc) is 3.21. The molecule has 2 amide bonds. The summed E-state index contributed by atoms with van der Waals surface area (Å²) in [6, 6.07) is 5.90. The number of hydrogen-bond acceptors (Lipinski definition) is 5. The number of hydrogen-bond donors (Lipinski definition) is 2. The highest BCUT2D eigenvalue weighted by molar-refractivity contribution is 5.88. The standard InChI is InChI=1S/C16H20N6O2/c1-24-15-8-14(19-20-15)18-16(23)21-9-11-4-3-7-22(11)13-5-2-6-17-12(13)10-21/h2,5-6,8,11H,3-4,7,9-10H2,1H3,(H2,18,19,20,23)/t11-/m0/s1. The monoisotopic (exact) mass is 328 g/mol. The third-order valence-electron chi connectivity index (χ3n) is 4.62. The first kappa shape index (κ1) is 14.8. The van der Waals surface area contributed by atoms with Gasteiger partial charge in [-0.15, -0.1) is 5.10 Å². The Morgan fingerprint density at radius 1 is 1.50 bits per heavy atom. The molecule has 0 aromatic carbocycles. The Labute approximate surface area is 139 Å². The fourth-order valence-corrected chi connectivity index (χ4v) is 3.48. The number of carbonyl (C=O) groups excluding carboxylic acids is 1. The first-order valence-corrected chi connectivity index (χ1v) is 8.10. The maximum absolute atomic E-state index is 12.7. The number of urea groups is 1. The Morgan fingerprint density at radius 2 is 2.42 bits per heavy atom. The van der Waals surface area contributed by atoms with Gasteiger partial charge in [0.15, 0.2) is 0 Å². The summed E-state index contributed by atoms with van der Waals surface area (Å²) in [6.07, 6.45) is 4.02. The van der Waals surface area contributed by atoms with E-state index < -0.39 is 0 Å². The van der Waals surface area contributed by atoms with E-state index in [-0.39, 0.29) is 6.03 Å². The molecule has 126 valence electrons. The van der Waals surface area contributed by atoms with Gasteiger partial charge in [-0.3, -0.25) is 15.4 Å². The summed E-state index contributed by atoms with van der Waals surface area (Å²) < 4.78 is 5.02. The zero-order valence-electron chi connectivity index (χ0n) is 13.5. The van der Waals surface area contributed by atoms with E-state index in [0.29, 0.717) is 30.8 Å². The molecule has 8 heteroatoms. The van der Waals surface area contributed by atoms with Crippen molar-refractivity contribution in [2.45, 2.75) is 25.4 Å². The van der Waals surface area contributed by atoms with Crippen molar-refractivity contribution < 1.29 is 9.53 Å². The third kappa shape index (κ3) is 2.64. The smallest absolute Gasteiger partial charge is 0.323 e. The summed E-state index contributed by atoms with van der Waals surface area (Å²) in [5.41, 5.74) is 2.10. The first-order valence-electron chi connectivity index (χ1n) is 8.10. The van der Waals surface area contributed by atoms with E-state index in [0.717, 1.165) is 30.8 Å². The quantitative estimate of drug-likeness (QED) is 0.878. The molecule has 8 nitrogen and oxygen atoms in total. The summed E-state index contributed by atoms with van der Waals surface area (Å²) in [6.45, 7) is 2.21. The molecular formula is C16H20N6O2. The molecule has 0 radical (unpaired) electrons. The van der Waals surface area contributed by atoms with Crippen LogP contribution < -0.4 is 15.0 Å². The van der Waals surface area contributed by atoms with Crippen LogP contribution in [0.5, 0.6) is 5.88 Å². The maximum atomic E-state index is 12.7. The van der Waals surface area contributed by atoms with Crippen LogP contribution >= 0.6 is 0 Å². The number of anilines is 2. The largest absolute Gasteiger partial charge is 0.480 e. The van der Waals surface area contributed by atoms with Crippen molar-refractivity contribution in [2.75, 3.05) is 30.4 Å². The van der Waals surface area contributed by atoms with Crippen LogP contribution in [-0.4, -0.2) is 52.4 Å². The van der Waals surface area contributed by atoms with Crippen LogP contribution in [0.4, 0.5) is 16.3 Å². The van der Waals surface area contributed by atoms with Gasteiger partial charge in [-0.05, 0) is 25.0 Å². The molecular weight excluding hydrogens is 308 g/mol. The molecule has 2 aromatic rings. The summed E-state index contributed by atoms with van der Waals surface area (Å²) in [4.78, 5) is 21.4. The zero-order valence-corrected chi connectivity index (χ0v) is 13.5. The van der Waals surface area contributed by atoms with E-state index in [1.165, 1.54) is 7.11 Å². The molecule has 2 aliphatic heterocycles. The van der Waals surface area contributed by atoms with Gasteiger partial charge < -0.3 is 14.5 Å². The van der Waals surface area contributed by atoms with Crippen LogP contribution in [0.3, 0.4) is 0 Å². The minimum absolute atomic E-state index is 0.161. The molecule has 0 aliphatic carbocycles. The molecule has 0 spiro atoms. The van der Waals surface area contributed by atoms with Crippen molar-refractivity contribution in [1.82, 2.24) is 20.1 Å². The van der Waals surface area contributed by atoms with E-state index in [2.05, 4.69) is 31.5 Å². The summed E-state index contributed by atoms with van der Waals surface area (Å²) in [5.74, 6) is 0.959. The molecule has 0 saturated carbocycles. The van der Waals surface area contributed by atoms with Gasteiger partial charge >= 0.3 is 6.03 Å². The van der Waals surface area contributed by atoms with Gasteiger partial charge in [0, 0.05) is 31.4 Å². The molecule has 1 atom stereocenters. The lowest BCUT2D eigenvalue weighted by atomic mass is 10.2. The lowest BCUT2D eigenvalue weighted by Crippen LogP contribution is -2.42. The summed E-state index contributed by atoms with van der Waals surface area (Å²) in [5, 5.41) is 9.54. The van der Waals surface area contributed by atoms with Crippen LogP contribution in [0.2, 0.25) is 0 Å². The van der Waals surface area contributed by atoms with Crippen LogP contribution in [0.25, 0.3) is 0 Å². The van der Waals surface area contributed by atoms with Gasteiger partial charge in [-0.25, -0.2) is 4.79 Å². The Morgan fingerprint density at radius 3 is 3.25 bits per heavy atom. The number of methoxy groups -OCH3 is 1. The van der Waals surface area contributed by atoms with Crippen LogP contribution in [-0.2, 0) is 6.54 Å². The molecule has 4 heterocycles. The molecule has 2 aliphatic rings. The van der Waals surface area contributed by atoms with Crippen molar-refractivity contribution in [2.24, 2.45) is 0 Å². The number of nitrogens with zero attached hydrogens (tertiary/aromatic N) is 4. The van der Waals surface area contributed by atoms with E-state index in [1.54, 1.807) is 12.3 Å². The number of aromatic nitrogens is 3. The van der Waals surface area contributed by atoms with Crippen LogP contribution in [0.15, 0.2) is 24.4 Å². The predicted molar refractivity (Wildman–Crippen MR) is 89.2 cm³/mol. The average molecular weight is 328 g/mol. The molecule has 0 unspecified atom stereocenters. The van der Waals surface area contributed by atoms with Gasteiger partial charge in [0.1, 0.15) is 5.82 Å². The Bertz CT molecular complexity index is 746. The van der Waals surface area contributed by atoms with E-state index in [9.17, 15) is 4.79 Å². The topological polar surface area (TPSA) is 86.4 Å². The predicted octanol–water partition coefficient (Wildman–Crippen LogP) is 1.83. The third-order valence-corrected chi connectivity index (χ3v) is 4.62. The van der Waals surface area contributed by atoms with Gasteiger partial charge in [0.05, 0.1) is 25.0 Å². The van der Waals surface area contributed by atoms with E-state index >= 15 is 0 Å². The molecule has 1 saturated heterocycles. The highest BCUT2D eigenvalue weighted by Gasteiger charge is 2.33. The lowest BCUT2D eigenvalue weighted by Gasteiger charge is -2.27. The second kappa shape index (κ2) is 6.03. The van der Waals surface area contributed by atoms with E-state index in [1.807, 2.05) is 11.0 Å². The number of carbonyl (C=O) groups is 1. The van der Waals surface area contributed by atoms with Gasteiger partial charge in [0.25, 0.3) is 0 Å². The molecule has 24 heavy (non-hydrogen) atoms. The summed E-state index contributed by atoms with van der Waals surface area (Å²) >= 11 is 0. The number of ether oxygens (including phenoxy) is 1. The summed E-state index contributed by atoms with van der Waals surface area (Å²) in [7, 11) is 1.54. The second-order valence-corrected chi connectivity index (χ2v) is 6.09. The Hall–Kier alpha value is -2.77. The number of H-pyrrole nitrogens is 1. The van der Waals surface area contributed by atoms with Crippen molar-refractivity contribution in [3.8, 4) is 5.88 Å². The minimum atomic E-state index is -0.161. The number of fused-ring (bicyclic) bond motifs is 3. The van der Waals surface area contributed by atoms with Crippen molar-refractivity contribution in [3.05, 3.63) is 30.1 Å². The normalized spacial score (nSPS) is 19.5. The second-order valence-electron chi connectivity index (χ2n) is 6.09. The SMILES string of the molecule is COc1cc(NC(=O)N2Cc3ncccc3N3CCC[C@H]3C2)[nH]n1. The molecule has 1 fully saturated rings. The number of rotatable bonds is 2. The fraction of sp³-hybridized carbons (Fsp3) is 0.438. The zero-order chi connectivity index (χ0) is 16.5. The molecule has 0 bridgehead atoms. The number of amides is 2. The van der Waals surface area contributed by atoms with Gasteiger partial charge in [0.2, 0.25) is 5.88 Å². The lowest BCUT2D eigenvalue weighted by molar-refractivity contribution is 0.206. The molecule has 2 N–H and O–H groups in total. The molecule has 2 aromatic heterocycles. The highest BCUT2D eigenvalue weighted by atomic mass is 16.5. The van der Waals surface area contributed by atoms with Crippen LogP contribution in [0, 0.1) is 0 Å². The Kier molecular flexibility index (Phi) is 3.72. The van der Waals surface area contributed by atoms with Crippen molar-refractivity contribution >= 4 is 17.5 Å². The Balaban J connectivity index is 1.56. The maximum Gasteiger partial charge on any atom is 0.323 e. The minimum Gasteiger partial charge on any atom is -0.480 e. The van der Waals surface area contributed by atoms with Crippen LogP contribution in [0.1, 0.15) is 18.5 Å². The first-order chi connectivity index (χ1) is 11.7. The van der Waals surface area contributed by atoms with Gasteiger partial charge in [-0.1, -0.05) is 0 Å². The number of aromatic amines is 1.